The first kappa shape index (κ1) is 28.5. The van der Waals surface area contributed by atoms with E-state index in [0.29, 0.717) is 6.42 Å². The molecule has 2 aliphatic heterocycles. The Bertz CT molecular complexity index is 664. The topological polar surface area (TPSA) is 83.5 Å². The van der Waals surface area contributed by atoms with Crippen molar-refractivity contribution in [3.63, 3.8) is 0 Å². The second-order valence-corrected chi connectivity index (χ2v) is 16.0. The highest BCUT2D eigenvalue weighted by Crippen LogP contribution is 2.43. The summed E-state index contributed by atoms with van der Waals surface area (Å²) < 4.78 is 30.3. The molecule has 0 aromatic carbocycles. The van der Waals surface area contributed by atoms with Crippen LogP contribution in [0, 0.1) is 5.92 Å². The predicted molar refractivity (Wildman–Crippen MR) is 131 cm³/mol. The third-order valence-corrected chi connectivity index (χ3v) is 11.9. The summed E-state index contributed by atoms with van der Waals surface area (Å²) in [6.07, 6.45) is 6.83. The molecule has 0 aromatic heterocycles. The first-order valence-electron chi connectivity index (χ1n) is 12.3. The molecular formula is C25H46O7Si. The fourth-order valence-corrected chi connectivity index (χ4v) is 5.77. The van der Waals surface area contributed by atoms with Crippen molar-refractivity contribution in [2.45, 2.75) is 115 Å². The molecule has 7 nitrogen and oxygen atoms in total. The summed E-state index contributed by atoms with van der Waals surface area (Å²) in [7, 11) is -0.402. The van der Waals surface area contributed by atoms with E-state index in [1.54, 1.807) is 6.92 Å². The molecule has 0 amide bonds. The molecule has 1 N–H and O–H groups in total. The van der Waals surface area contributed by atoms with Crippen LogP contribution >= 0.6 is 0 Å². The normalized spacial score (nSPS) is 29.2. The number of methoxy groups -OCH3 is 1. The van der Waals surface area contributed by atoms with Gasteiger partial charge in [-0.1, -0.05) is 26.8 Å². The second-order valence-electron chi connectivity index (χ2n) is 11.2. The Balaban J connectivity index is 2.18. The summed E-state index contributed by atoms with van der Waals surface area (Å²) in [5.41, 5.74) is 0.872. The van der Waals surface area contributed by atoms with Crippen molar-refractivity contribution >= 4 is 14.3 Å². The van der Waals surface area contributed by atoms with E-state index in [1.165, 1.54) is 7.11 Å². The van der Waals surface area contributed by atoms with Gasteiger partial charge in [-0.2, -0.15) is 0 Å². The molecule has 2 saturated heterocycles. The van der Waals surface area contributed by atoms with Gasteiger partial charge < -0.3 is 28.5 Å². The van der Waals surface area contributed by atoms with Crippen LogP contribution in [0.15, 0.2) is 11.6 Å². The standard InChI is InChI=1S/C25H46O7Si/c1-18(22(29-17-28-6)19(2)23(26)27)11-12-20-15-21(32-33(7,8)24(3,4)5)16-25(31-20)13-9-10-14-30-25/h11,19-22H,9-10,12-17H2,1-8H3,(H,26,27). The molecule has 5 unspecified atom stereocenters. The largest absolute Gasteiger partial charge is 0.481 e. The second kappa shape index (κ2) is 11.8. The molecule has 2 heterocycles. The Labute approximate surface area is 201 Å². The number of ether oxygens (including phenoxy) is 4. The quantitative estimate of drug-likeness (QED) is 0.248. The maximum Gasteiger partial charge on any atom is 0.309 e. The first-order chi connectivity index (χ1) is 15.3. The molecule has 33 heavy (non-hydrogen) atoms. The SMILES string of the molecule is COCOC(C(C)=CCC1CC(O[Si](C)(C)C(C)(C)C)CC2(CCCCO2)O1)C(C)C(=O)O. The third-order valence-electron chi connectivity index (χ3n) is 7.39. The average Bonchev–Trinajstić information content (AvgIpc) is 2.71. The van der Waals surface area contributed by atoms with E-state index in [-0.39, 0.29) is 24.0 Å². The molecule has 2 aliphatic rings. The van der Waals surface area contributed by atoms with E-state index >= 15 is 0 Å². The molecule has 1 spiro atoms. The summed E-state index contributed by atoms with van der Waals surface area (Å²) in [5, 5.41) is 9.63. The van der Waals surface area contributed by atoms with Gasteiger partial charge in [-0.25, -0.2) is 0 Å². The zero-order chi connectivity index (χ0) is 24.9. The van der Waals surface area contributed by atoms with Crippen LogP contribution in [0.1, 0.15) is 73.1 Å². The summed E-state index contributed by atoms with van der Waals surface area (Å²) in [6.45, 7) is 15.7. The average molecular weight is 487 g/mol. The molecule has 192 valence electrons. The van der Waals surface area contributed by atoms with Gasteiger partial charge in [-0.15, -0.1) is 0 Å². The maximum absolute atomic E-state index is 11.6. The zero-order valence-electron chi connectivity index (χ0n) is 21.9. The minimum Gasteiger partial charge on any atom is -0.481 e. The molecule has 2 rings (SSSR count). The number of hydrogen-bond acceptors (Lipinski definition) is 6. The Hall–Kier alpha value is -0.773. The Kier molecular flexibility index (Phi) is 10.2. The fourth-order valence-electron chi connectivity index (χ4n) is 4.41. The minimum atomic E-state index is -1.93. The van der Waals surface area contributed by atoms with Crippen LogP contribution in [0.3, 0.4) is 0 Å². The number of carboxylic acid groups (broad SMARTS) is 1. The summed E-state index contributed by atoms with van der Waals surface area (Å²) in [4.78, 5) is 11.6. The summed E-state index contributed by atoms with van der Waals surface area (Å²) >= 11 is 0. The van der Waals surface area contributed by atoms with Gasteiger partial charge in [0.2, 0.25) is 0 Å². The third kappa shape index (κ3) is 7.87. The van der Waals surface area contributed by atoms with Crippen LogP contribution < -0.4 is 0 Å². The lowest BCUT2D eigenvalue weighted by atomic mass is 9.91. The van der Waals surface area contributed by atoms with E-state index in [1.807, 2.05) is 6.92 Å². The Morgan fingerprint density at radius 1 is 1.30 bits per heavy atom. The lowest BCUT2D eigenvalue weighted by Gasteiger charge is -2.49. The van der Waals surface area contributed by atoms with Crippen LogP contribution in [0.25, 0.3) is 0 Å². The summed E-state index contributed by atoms with van der Waals surface area (Å²) in [5.74, 6) is -2.14. The van der Waals surface area contributed by atoms with Crippen molar-refractivity contribution in [3.05, 3.63) is 11.6 Å². The molecule has 0 bridgehead atoms. The monoisotopic (exact) mass is 486 g/mol. The molecule has 0 aliphatic carbocycles. The van der Waals surface area contributed by atoms with Crippen molar-refractivity contribution in [3.8, 4) is 0 Å². The van der Waals surface area contributed by atoms with Gasteiger partial charge in [-0.3, -0.25) is 4.79 Å². The number of hydrogen-bond donors (Lipinski definition) is 1. The van der Waals surface area contributed by atoms with Crippen LogP contribution in [-0.4, -0.2) is 64.0 Å². The van der Waals surface area contributed by atoms with Gasteiger partial charge in [0.1, 0.15) is 6.79 Å². The molecular weight excluding hydrogens is 440 g/mol. The lowest BCUT2D eigenvalue weighted by molar-refractivity contribution is -0.307. The molecule has 0 aromatic rings. The van der Waals surface area contributed by atoms with Gasteiger partial charge in [0.25, 0.3) is 0 Å². The van der Waals surface area contributed by atoms with Crippen molar-refractivity contribution in [2.24, 2.45) is 5.92 Å². The molecule has 5 atom stereocenters. The number of aliphatic carboxylic acids is 1. The highest BCUT2D eigenvalue weighted by atomic mass is 28.4. The lowest BCUT2D eigenvalue weighted by Crippen LogP contribution is -2.53. The summed E-state index contributed by atoms with van der Waals surface area (Å²) in [6, 6.07) is 0. The number of carbonyl (C=O) groups is 1. The van der Waals surface area contributed by atoms with Crippen LogP contribution in [0.4, 0.5) is 0 Å². The molecule has 2 fully saturated rings. The van der Waals surface area contributed by atoms with Crippen molar-refractivity contribution < 1.29 is 33.3 Å². The smallest absolute Gasteiger partial charge is 0.309 e. The molecule has 0 radical (unpaired) electrons. The van der Waals surface area contributed by atoms with Gasteiger partial charge in [-0.05, 0) is 63.2 Å². The van der Waals surface area contributed by atoms with Gasteiger partial charge in [0, 0.05) is 20.0 Å². The maximum atomic E-state index is 11.6. The minimum absolute atomic E-state index is 0.0484. The highest BCUT2D eigenvalue weighted by molar-refractivity contribution is 6.74. The van der Waals surface area contributed by atoms with Crippen LogP contribution in [-0.2, 0) is 28.2 Å². The van der Waals surface area contributed by atoms with Crippen molar-refractivity contribution in [1.29, 1.82) is 0 Å². The van der Waals surface area contributed by atoms with Gasteiger partial charge >= 0.3 is 5.97 Å². The van der Waals surface area contributed by atoms with Gasteiger partial charge in [0.15, 0.2) is 14.1 Å². The highest BCUT2D eigenvalue weighted by Gasteiger charge is 2.47. The molecule has 8 heteroatoms. The van der Waals surface area contributed by atoms with E-state index in [4.69, 9.17) is 23.4 Å². The predicted octanol–water partition coefficient (Wildman–Crippen LogP) is 5.50. The van der Waals surface area contributed by atoms with E-state index in [9.17, 15) is 9.90 Å². The van der Waals surface area contributed by atoms with Crippen LogP contribution in [0.5, 0.6) is 0 Å². The van der Waals surface area contributed by atoms with Crippen LogP contribution in [0.2, 0.25) is 18.1 Å². The van der Waals surface area contributed by atoms with E-state index in [0.717, 1.165) is 44.3 Å². The zero-order valence-corrected chi connectivity index (χ0v) is 22.9. The number of carboxylic acids is 1. The van der Waals surface area contributed by atoms with Crippen molar-refractivity contribution in [2.75, 3.05) is 20.5 Å². The van der Waals surface area contributed by atoms with Crippen molar-refractivity contribution in [1.82, 2.24) is 0 Å². The Morgan fingerprint density at radius 3 is 2.55 bits per heavy atom. The molecule has 0 saturated carbocycles. The van der Waals surface area contributed by atoms with E-state index < -0.39 is 32.1 Å². The van der Waals surface area contributed by atoms with Gasteiger partial charge in [0.05, 0.1) is 30.8 Å². The fraction of sp³-hybridized carbons (Fsp3) is 0.880. The Morgan fingerprint density at radius 2 is 2.00 bits per heavy atom. The number of rotatable bonds is 10. The van der Waals surface area contributed by atoms with E-state index in [2.05, 4.69) is 39.9 Å². The first-order valence-corrected chi connectivity index (χ1v) is 15.2.